The first-order valence-electron chi connectivity index (χ1n) is 9.99. The van der Waals surface area contributed by atoms with Crippen molar-refractivity contribution in [3.05, 3.63) is 0 Å². The Labute approximate surface area is 163 Å². The van der Waals surface area contributed by atoms with E-state index in [1.807, 2.05) is 20.8 Å². The molecule has 1 fully saturated rings. The van der Waals surface area contributed by atoms with Crippen LogP contribution in [0.3, 0.4) is 0 Å². The molecular formula is C20H37N3O4. The standard InChI is InChI=1S/C20H37N3O4/c1-8-13(9-2)10-15(22-12(3)24)17-14(18(25)21-7)11-16(23-17)19(26)27-20(4,5)6/h13-17,23H,8-11H2,1-7H3,(H,21,25)(H,22,24)/t14-,15+,16-,17-/m1/s1. The van der Waals surface area contributed by atoms with E-state index in [1.165, 1.54) is 6.92 Å². The molecule has 1 aliphatic rings. The summed E-state index contributed by atoms with van der Waals surface area (Å²) in [6.45, 7) is 11.2. The molecule has 0 aromatic rings. The van der Waals surface area contributed by atoms with Gasteiger partial charge < -0.3 is 15.4 Å². The maximum absolute atomic E-state index is 12.5. The molecule has 0 radical (unpaired) electrons. The van der Waals surface area contributed by atoms with Crippen molar-refractivity contribution in [1.82, 2.24) is 16.0 Å². The maximum Gasteiger partial charge on any atom is 0.323 e. The summed E-state index contributed by atoms with van der Waals surface area (Å²) in [6.07, 6.45) is 3.12. The van der Waals surface area contributed by atoms with Gasteiger partial charge in [0.25, 0.3) is 0 Å². The number of carbonyl (C=O) groups is 3. The predicted molar refractivity (Wildman–Crippen MR) is 105 cm³/mol. The van der Waals surface area contributed by atoms with Crippen molar-refractivity contribution >= 4 is 17.8 Å². The van der Waals surface area contributed by atoms with Crippen LogP contribution in [-0.4, -0.2) is 48.6 Å². The highest BCUT2D eigenvalue weighted by molar-refractivity contribution is 5.83. The minimum Gasteiger partial charge on any atom is -0.459 e. The Kier molecular flexibility index (Phi) is 8.72. The molecule has 0 aromatic carbocycles. The molecule has 0 aromatic heterocycles. The number of amides is 2. The van der Waals surface area contributed by atoms with Gasteiger partial charge in [0.2, 0.25) is 11.8 Å². The summed E-state index contributed by atoms with van der Waals surface area (Å²) in [5.74, 6) is -0.584. The van der Waals surface area contributed by atoms with Gasteiger partial charge >= 0.3 is 5.97 Å². The number of hydrogen-bond acceptors (Lipinski definition) is 5. The van der Waals surface area contributed by atoms with Crippen LogP contribution in [0.2, 0.25) is 0 Å². The van der Waals surface area contributed by atoms with Gasteiger partial charge in [0.1, 0.15) is 11.6 Å². The Balaban J connectivity index is 3.06. The fraction of sp³-hybridized carbons (Fsp3) is 0.850. The number of esters is 1. The lowest BCUT2D eigenvalue weighted by Gasteiger charge is -2.31. The molecule has 2 amide bonds. The van der Waals surface area contributed by atoms with E-state index in [4.69, 9.17) is 4.74 Å². The van der Waals surface area contributed by atoms with Crippen LogP contribution in [0, 0.1) is 11.8 Å². The molecule has 0 unspecified atom stereocenters. The number of rotatable bonds is 8. The van der Waals surface area contributed by atoms with E-state index < -0.39 is 17.6 Å². The van der Waals surface area contributed by atoms with Crippen molar-refractivity contribution in [3.8, 4) is 0 Å². The molecule has 1 aliphatic heterocycles. The lowest BCUT2D eigenvalue weighted by molar-refractivity contribution is -0.157. The van der Waals surface area contributed by atoms with E-state index in [-0.39, 0.29) is 29.9 Å². The second-order valence-corrected chi connectivity index (χ2v) is 8.46. The molecule has 156 valence electrons. The molecule has 1 heterocycles. The Bertz CT molecular complexity index is 526. The summed E-state index contributed by atoms with van der Waals surface area (Å²) in [7, 11) is 1.59. The fourth-order valence-electron chi connectivity index (χ4n) is 3.74. The molecule has 0 aliphatic carbocycles. The minimum atomic E-state index is -0.591. The van der Waals surface area contributed by atoms with Crippen LogP contribution in [0.1, 0.15) is 67.2 Å². The van der Waals surface area contributed by atoms with E-state index in [1.54, 1.807) is 7.05 Å². The van der Waals surface area contributed by atoms with Crippen molar-refractivity contribution < 1.29 is 19.1 Å². The van der Waals surface area contributed by atoms with Gasteiger partial charge in [0, 0.05) is 26.1 Å². The maximum atomic E-state index is 12.5. The molecular weight excluding hydrogens is 346 g/mol. The third-order valence-electron chi connectivity index (χ3n) is 5.16. The quantitative estimate of drug-likeness (QED) is 0.555. The third kappa shape index (κ3) is 7.13. The van der Waals surface area contributed by atoms with Gasteiger partial charge in [-0.25, -0.2) is 0 Å². The normalized spacial score (nSPS) is 23.8. The van der Waals surface area contributed by atoms with Crippen LogP contribution >= 0.6 is 0 Å². The average Bonchev–Trinajstić information content (AvgIpc) is 3.01. The Morgan fingerprint density at radius 3 is 2.22 bits per heavy atom. The summed E-state index contributed by atoms with van der Waals surface area (Å²) < 4.78 is 5.50. The molecule has 3 N–H and O–H groups in total. The summed E-state index contributed by atoms with van der Waals surface area (Å²) in [6, 6.07) is -1.09. The van der Waals surface area contributed by atoms with E-state index in [0.29, 0.717) is 12.3 Å². The first-order chi connectivity index (χ1) is 12.5. The van der Waals surface area contributed by atoms with E-state index >= 15 is 0 Å². The Hall–Kier alpha value is -1.63. The number of ether oxygens (including phenoxy) is 1. The van der Waals surface area contributed by atoms with Crippen LogP contribution in [0.5, 0.6) is 0 Å². The molecule has 1 rings (SSSR count). The second-order valence-electron chi connectivity index (χ2n) is 8.46. The zero-order chi connectivity index (χ0) is 20.8. The lowest BCUT2D eigenvalue weighted by Crippen LogP contribution is -2.54. The largest absolute Gasteiger partial charge is 0.459 e. The highest BCUT2D eigenvalue weighted by Crippen LogP contribution is 2.29. The van der Waals surface area contributed by atoms with Crippen LogP contribution in [0.25, 0.3) is 0 Å². The molecule has 7 heteroatoms. The average molecular weight is 384 g/mol. The van der Waals surface area contributed by atoms with E-state index in [2.05, 4.69) is 29.8 Å². The first kappa shape index (κ1) is 23.4. The summed E-state index contributed by atoms with van der Waals surface area (Å²) in [5.41, 5.74) is -0.591. The van der Waals surface area contributed by atoms with Gasteiger partial charge in [-0.3, -0.25) is 19.7 Å². The van der Waals surface area contributed by atoms with Crippen LogP contribution in [0.15, 0.2) is 0 Å². The smallest absolute Gasteiger partial charge is 0.323 e. The monoisotopic (exact) mass is 383 g/mol. The topological polar surface area (TPSA) is 96.5 Å². The molecule has 1 saturated heterocycles. The van der Waals surface area contributed by atoms with E-state index in [9.17, 15) is 14.4 Å². The van der Waals surface area contributed by atoms with Crippen LogP contribution < -0.4 is 16.0 Å². The van der Waals surface area contributed by atoms with Gasteiger partial charge in [-0.15, -0.1) is 0 Å². The molecule has 0 bridgehead atoms. The molecule has 27 heavy (non-hydrogen) atoms. The summed E-state index contributed by atoms with van der Waals surface area (Å²) >= 11 is 0. The third-order valence-corrected chi connectivity index (χ3v) is 5.16. The second kappa shape index (κ2) is 10.1. The minimum absolute atomic E-state index is 0.126. The lowest BCUT2D eigenvalue weighted by atomic mass is 9.85. The van der Waals surface area contributed by atoms with Crippen LogP contribution in [-0.2, 0) is 19.1 Å². The van der Waals surface area contributed by atoms with Crippen LogP contribution in [0.4, 0.5) is 0 Å². The molecule has 7 nitrogen and oxygen atoms in total. The number of hydrogen-bond donors (Lipinski definition) is 3. The zero-order valence-corrected chi connectivity index (χ0v) is 17.8. The summed E-state index contributed by atoms with van der Waals surface area (Å²) in [5, 5.41) is 8.98. The fourth-order valence-corrected chi connectivity index (χ4v) is 3.74. The Morgan fingerprint density at radius 1 is 1.19 bits per heavy atom. The van der Waals surface area contributed by atoms with E-state index in [0.717, 1.165) is 19.3 Å². The first-order valence-corrected chi connectivity index (χ1v) is 9.99. The van der Waals surface area contributed by atoms with Crippen molar-refractivity contribution in [2.24, 2.45) is 11.8 Å². The van der Waals surface area contributed by atoms with Gasteiger partial charge in [-0.2, -0.15) is 0 Å². The molecule has 0 saturated carbocycles. The Morgan fingerprint density at radius 2 is 1.78 bits per heavy atom. The van der Waals surface area contributed by atoms with Gasteiger partial charge in [-0.05, 0) is 39.5 Å². The van der Waals surface area contributed by atoms with Gasteiger partial charge in [0.15, 0.2) is 0 Å². The van der Waals surface area contributed by atoms with Gasteiger partial charge in [0.05, 0.1) is 5.92 Å². The molecule has 0 spiro atoms. The number of carbonyl (C=O) groups excluding carboxylic acids is 3. The number of nitrogens with one attached hydrogen (secondary N) is 3. The predicted octanol–water partition coefficient (Wildman–Crippen LogP) is 1.75. The highest BCUT2D eigenvalue weighted by atomic mass is 16.6. The summed E-state index contributed by atoms with van der Waals surface area (Å²) in [4.78, 5) is 36.8. The SMILES string of the molecule is CCC(CC)C[C@H](NC(C)=O)[C@@H]1N[C@@H](C(=O)OC(C)(C)C)C[C@H]1C(=O)NC. The van der Waals surface area contributed by atoms with Crippen molar-refractivity contribution in [2.75, 3.05) is 7.05 Å². The zero-order valence-electron chi connectivity index (χ0n) is 17.8. The van der Waals surface area contributed by atoms with Crippen molar-refractivity contribution in [2.45, 2.75) is 91.0 Å². The highest BCUT2D eigenvalue weighted by Gasteiger charge is 2.46. The molecule has 4 atom stereocenters. The van der Waals surface area contributed by atoms with Crippen molar-refractivity contribution in [3.63, 3.8) is 0 Å². The van der Waals surface area contributed by atoms with Gasteiger partial charge in [-0.1, -0.05) is 26.7 Å². The van der Waals surface area contributed by atoms with Crippen molar-refractivity contribution in [1.29, 1.82) is 0 Å².